The van der Waals surface area contributed by atoms with Crippen LogP contribution in [0.2, 0.25) is 0 Å². The summed E-state index contributed by atoms with van der Waals surface area (Å²) in [6.45, 7) is 0.854. The van der Waals surface area contributed by atoms with Crippen LogP contribution in [0.15, 0.2) is 29.1 Å². The molecule has 0 spiro atoms. The lowest BCUT2D eigenvalue weighted by Gasteiger charge is -2.06. The molecule has 84 valence electrons. The summed E-state index contributed by atoms with van der Waals surface area (Å²) in [5.74, 6) is 0.485. The van der Waals surface area contributed by atoms with E-state index in [9.17, 15) is 4.79 Å². The first-order chi connectivity index (χ1) is 7.72. The van der Waals surface area contributed by atoms with Crippen LogP contribution in [0, 0.1) is 0 Å². The predicted molar refractivity (Wildman–Crippen MR) is 61.5 cm³/mol. The van der Waals surface area contributed by atoms with Crippen LogP contribution in [0.25, 0.3) is 11.0 Å². The molecule has 0 aliphatic rings. The lowest BCUT2D eigenvalue weighted by atomic mass is 10.3. The van der Waals surface area contributed by atoms with Gasteiger partial charge in [-0.25, -0.2) is 0 Å². The number of nitrogens with zero attached hydrogens (tertiary/aromatic N) is 2. The Morgan fingerprint density at radius 3 is 2.88 bits per heavy atom. The number of fused-ring (bicyclic) bond motifs is 1. The van der Waals surface area contributed by atoms with Crippen LogP contribution in [0.4, 0.5) is 0 Å². The second-order valence-corrected chi connectivity index (χ2v) is 3.43. The molecule has 5 heteroatoms. The fourth-order valence-corrected chi connectivity index (χ4v) is 1.46. The first-order valence-electron chi connectivity index (χ1n) is 5.02. The molecule has 2 aromatic heterocycles. The molecular formula is C11H13N3O2. The van der Waals surface area contributed by atoms with Crippen molar-refractivity contribution in [2.75, 3.05) is 13.2 Å². The number of ether oxygens (including phenoxy) is 1. The summed E-state index contributed by atoms with van der Waals surface area (Å²) < 4.78 is 6.80. The maximum absolute atomic E-state index is 11.4. The molecule has 0 atom stereocenters. The Balaban J connectivity index is 2.51. The Kier molecular flexibility index (Phi) is 2.87. The molecule has 16 heavy (non-hydrogen) atoms. The maximum atomic E-state index is 11.4. The fraction of sp³-hybridized carbons (Fsp3) is 0.273. The zero-order chi connectivity index (χ0) is 11.5. The summed E-state index contributed by atoms with van der Waals surface area (Å²) in [6.07, 6.45) is 0. The van der Waals surface area contributed by atoms with Gasteiger partial charge < -0.3 is 10.5 Å². The molecule has 0 saturated carbocycles. The molecule has 2 N–H and O–H groups in total. The fourth-order valence-electron chi connectivity index (χ4n) is 1.46. The third kappa shape index (κ3) is 1.90. The van der Waals surface area contributed by atoms with Gasteiger partial charge in [-0.3, -0.25) is 9.36 Å². The van der Waals surface area contributed by atoms with E-state index in [4.69, 9.17) is 10.5 Å². The van der Waals surface area contributed by atoms with Crippen molar-refractivity contribution >= 4 is 11.0 Å². The first-order valence-corrected chi connectivity index (χ1v) is 5.02. The van der Waals surface area contributed by atoms with Crippen LogP contribution in [0.5, 0.6) is 5.88 Å². The molecule has 2 aromatic rings. The van der Waals surface area contributed by atoms with E-state index in [1.165, 1.54) is 10.6 Å². The van der Waals surface area contributed by atoms with Gasteiger partial charge >= 0.3 is 0 Å². The quantitative estimate of drug-likeness (QED) is 0.804. The van der Waals surface area contributed by atoms with Gasteiger partial charge in [-0.05, 0) is 12.1 Å². The van der Waals surface area contributed by atoms with Crippen molar-refractivity contribution in [3.8, 4) is 5.88 Å². The van der Waals surface area contributed by atoms with Crippen LogP contribution < -0.4 is 16.0 Å². The highest BCUT2D eigenvalue weighted by molar-refractivity contribution is 5.75. The van der Waals surface area contributed by atoms with Crippen molar-refractivity contribution in [2.24, 2.45) is 12.8 Å². The SMILES string of the molecule is Cn1c(=O)ccc2ccc(OCCN)nc21. The number of rotatable bonds is 3. The smallest absolute Gasteiger partial charge is 0.251 e. The van der Waals surface area contributed by atoms with Gasteiger partial charge in [-0.15, -0.1) is 0 Å². The standard InChI is InChI=1S/C11H13N3O2/c1-14-10(15)5-3-8-2-4-9(13-11(8)14)16-7-6-12/h2-5H,6-7,12H2,1H3. The normalized spacial score (nSPS) is 10.6. The van der Waals surface area contributed by atoms with Crippen molar-refractivity contribution in [1.82, 2.24) is 9.55 Å². The number of aryl methyl sites for hydroxylation is 1. The highest BCUT2D eigenvalue weighted by Gasteiger charge is 2.02. The van der Waals surface area contributed by atoms with E-state index in [1.807, 2.05) is 6.07 Å². The second kappa shape index (κ2) is 4.32. The van der Waals surface area contributed by atoms with Crippen LogP contribution in [0.1, 0.15) is 0 Å². The van der Waals surface area contributed by atoms with E-state index < -0.39 is 0 Å². The monoisotopic (exact) mass is 219 g/mol. The van der Waals surface area contributed by atoms with Crippen molar-refractivity contribution in [3.63, 3.8) is 0 Å². The Morgan fingerprint density at radius 1 is 1.38 bits per heavy atom. The molecule has 0 saturated heterocycles. The molecule has 0 aliphatic heterocycles. The van der Waals surface area contributed by atoms with Gasteiger partial charge in [-0.1, -0.05) is 0 Å². The average molecular weight is 219 g/mol. The highest BCUT2D eigenvalue weighted by Crippen LogP contribution is 2.14. The second-order valence-electron chi connectivity index (χ2n) is 3.43. The van der Waals surface area contributed by atoms with E-state index in [-0.39, 0.29) is 5.56 Å². The summed E-state index contributed by atoms with van der Waals surface area (Å²) in [7, 11) is 1.68. The Labute approximate surface area is 92.5 Å². The Bertz CT molecular complexity index is 563. The topological polar surface area (TPSA) is 70.1 Å². The summed E-state index contributed by atoms with van der Waals surface area (Å²) in [5, 5.41) is 0.905. The summed E-state index contributed by atoms with van der Waals surface area (Å²) in [6, 6.07) is 6.90. The summed E-state index contributed by atoms with van der Waals surface area (Å²) in [4.78, 5) is 15.7. The van der Waals surface area contributed by atoms with E-state index in [1.54, 1.807) is 19.2 Å². The minimum Gasteiger partial charge on any atom is -0.476 e. The van der Waals surface area contributed by atoms with Crippen molar-refractivity contribution in [3.05, 3.63) is 34.6 Å². The van der Waals surface area contributed by atoms with Crippen LogP contribution in [0.3, 0.4) is 0 Å². The van der Waals surface area contributed by atoms with Gasteiger partial charge in [0.25, 0.3) is 5.56 Å². The lowest BCUT2D eigenvalue weighted by molar-refractivity contribution is 0.316. The van der Waals surface area contributed by atoms with E-state index in [0.29, 0.717) is 24.7 Å². The molecule has 0 aliphatic carbocycles. The molecule has 0 fully saturated rings. The molecule has 0 unspecified atom stereocenters. The van der Waals surface area contributed by atoms with Crippen LogP contribution in [-0.2, 0) is 7.05 Å². The molecule has 0 aromatic carbocycles. The Hall–Kier alpha value is -1.88. The van der Waals surface area contributed by atoms with Crippen molar-refractivity contribution in [1.29, 1.82) is 0 Å². The predicted octanol–water partition coefficient (Wildman–Crippen LogP) is 0.271. The van der Waals surface area contributed by atoms with Crippen LogP contribution >= 0.6 is 0 Å². The maximum Gasteiger partial charge on any atom is 0.251 e. The van der Waals surface area contributed by atoms with E-state index in [2.05, 4.69) is 4.98 Å². The van der Waals surface area contributed by atoms with Crippen LogP contribution in [-0.4, -0.2) is 22.7 Å². The number of aromatic nitrogens is 2. The minimum absolute atomic E-state index is 0.0871. The third-order valence-corrected chi connectivity index (χ3v) is 2.30. The number of hydrogen-bond acceptors (Lipinski definition) is 4. The summed E-state index contributed by atoms with van der Waals surface area (Å²) in [5.41, 5.74) is 5.86. The van der Waals surface area contributed by atoms with Gasteiger partial charge in [0.15, 0.2) is 0 Å². The summed E-state index contributed by atoms with van der Waals surface area (Å²) >= 11 is 0. The molecule has 0 radical (unpaired) electrons. The van der Waals surface area contributed by atoms with E-state index in [0.717, 1.165) is 5.39 Å². The Morgan fingerprint density at radius 2 is 2.12 bits per heavy atom. The number of hydrogen-bond donors (Lipinski definition) is 1. The zero-order valence-electron chi connectivity index (χ0n) is 9.01. The van der Waals surface area contributed by atoms with Gasteiger partial charge in [0.1, 0.15) is 12.3 Å². The lowest BCUT2D eigenvalue weighted by Crippen LogP contribution is -2.16. The molecule has 2 heterocycles. The largest absolute Gasteiger partial charge is 0.476 e. The van der Waals surface area contributed by atoms with Gasteiger partial charge in [0, 0.05) is 31.1 Å². The van der Waals surface area contributed by atoms with Crippen molar-refractivity contribution < 1.29 is 4.74 Å². The third-order valence-electron chi connectivity index (χ3n) is 2.30. The van der Waals surface area contributed by atoms with E-state index >= 15 is 0 Å². The molecule has 0 amide bonds. The molecule has 0 bridgehead atoms. The van der Waals surface area contributed by atoms with Gasteiger partial charge in [0.05, 0.1) is 0 Å². The molecule has 5 nitrogen and oxygen atoms in total. The highest BCUT2D eigenvalue weighted by atomic mass is 16.5. The van der Waals surface area contributed by atoms with Crippen molar-refractivity contribution in [2.45, 2.75) is 0 Å². The molecule has 2 rings (SSSR count). The first kappa shape index (κ1) is 10.6. The number of nitrogens with two attached hydrogens (primary N) is 1. The van der Waals surface area contributed by atoms with Gasteiger partial charge in [0.2, 0.25) is 5.88 Å². The zero-order valence-corrected chi connectivity index (χ0v) is 9.01. The number of pyridine rings is 2. The minimum atomic E-state index is -0.0871. The average Bonchev–Trinajstić information content (AvgIpc) is 2.31. The molecular weight excluding hydrogens is 206 g/mol. The van der Waals surface area contributed by atoms with Gasteiger partial charge in [-0.2, -0.15) is 4.98 Å².